The molecular weight excluding hydrogens is 404 g/mol. The van der Waals surface area contributed by atoms with Gasteiger partial charge in [0.15, 0.2) is 0 Å². The topological polar surface area (TPSA) is 120 Å². The van der Waals surface area contributed by atoms with Crippen molar-refractivity contribution in [1.29, 1.82) is 0 Å². The van der Waals surface area contributed by atoms with Crippen LogP contribution in [0.15, 0.2) is 30.3 Å². The van der Waals surface area contributed by atoms with Gasteiger partial charge in [-0.3, -0.25) is 9.59 Å². The predicted octanol–water partition coefficient (Wildman–Crippen LogP) is 2.33. The predicted molar refractivity (Wildman–Crippen MR) is 113 cm³/mol. The second-order valence-corrected chi connectivity index (χ2v) is 7.13. The van der Waals surface area contributed by atoms with Crippen molar-refractivity contribution in [2.45, 2.75) is 51.7 Å². The minimum atomic E-state index is -0.919. The number of carbonyl (C=O) groups is 4. The molecule has 0 heterocycles. The summed E-state index contributed by atoms with van der Waals surface area (Å²) in [5.41, 5.74) is 0.912. The lowest BCUT2D eigenvalue weighted by atomic mass is 9.98. The molecule has 0 fully saturated rings. The molecule has 0 spiro atoms. The van der Waals surface area contributed by atoms with Crippen molar-refractivity contribution in [3.63, 3.8) is 0 Å². The second-order valence-electron chi connectivity index (χ2n) is 7.13. The summed E-state index contributed by atoms with van der Waals surface area (Å²) < 4.78 is 14.4. The minimum absolute atomic E-state index is 0.0113. The van der Waals surface area contributed by atoms with Crippen LogP contribution < -0.4 is 10.6 Å². The first-order chi connectivity index (χ1) is 14.9. The number of benzene rings is 1. The molecule has 2 N–H and O–H groups in total. The Kier molecular flexibility index (Phi) is 12.4. The molecule has 0 saturated carbocycles. The van der Waals surface area contributed by atoms with E-state index in [1.54, 1.807) is 6.92 Å². The average molecular weight is 437 g/mol. The molecule has 0 aliphatic carbocycles. The molecule has 9 heteroatoms. The van der Waals surface area contributed by atoms with Gasteiger partial charge in [0.05, 0.1) is 20.6 Å². The maximum Gasteiger partial charge on any atom is 0.407 e. The molecule has 0 unspecified atom stereocenters. The normalized spacial score (nSPS) is 12.2. The number of methoxy groups -OCH3 is 2. The molecule has 9 nitrogen and oxygen atoms in total. The van der Waals surface area contributed by atoms with Crippen LogP contribution in [0, 0.1) is 5.92 Å². The third-order valence-corrected chi connectivity index (χ3v) is 4.62. The van der Waals surface area contributed by atoms with E-state index in [0.717, 1.165) is 5.56 Å². The van der Waals surface area contributed by atoms with E-state index in [1.807, 2.05) is 30.3 Å². The van der Waals surface area contributed by atoms with Gasteiger partial charge < -0.3 is 24.8 Å². The summed E-state index contributed by atoms with van der Waals surface area (Å²) in [6.07, 6.45) is 1.72. The fourth-order valence-electron chi connectivity index (χ4n) is 2.82. The molecule has 1 aromatic carbocycles. The molecule has 1 rings (SSSR count). The number of nitrogens with one attached hydrogen (secondary N) is 2. The minimum Gasteiger partial charge on any atom is -0.469 e. The molecule has 0 aliphatic rings. The van der Waals surface area contributed by atoms with Gasteiger partial charge in [-0.2, -0.15) is 0 Å². The van der Waals surface area contributed by atoms with Crippen molar-refractivity contribution in [3.05, 3.63) is 35.9 Å². The van der Waals surface area contributed by atoms with Gasteiger partial charge in [-0.15, -0.1) is 0 Å². The van der Waals surface area contributed by atoms with Gasteiger partial charge in [0.2, 0.25) is 5.91 Å². The Bertz CT molecular complexity index is 709. The lowest BCUT2D eigenvalue weighted by Crippen LogP contribution is -2.46. The van der Waals surface area contributed by atoms with Crippen LogP contribution in [0.25, 0.3) is 0 Å². The number of ether oxygens (including phenoxy) is 3. The molecule has 0 aromatic heterocycles. The largest absolute Gasteiger partial charge is 0.469 e. The summed E-state index contributed by atoms with van der Waals surface area (Å²) in [5, 5.41) is 5.30. The van der Waals surface area contributed by atoms with E-state index < -0.39 is 30.0 Å². The highest BCUT2D eigenvalue weighted by Crippen LogP contribution is 2.12. The van der Waals surface area contributed by atoms with E-state index in [0.29, 0.717) is 25.8 Å². The smallest absolute Gasteiger partial charge is 0.407 e. The van der Waals surface area contributed by atoms with Gasteiger partial charge in [-0.1, -0.05) is 43.7 Å². The summed E-state index contributed by atoms with van der Waals surface area (Å²) in [6, 6.07) is 8.47. The molecule has 1 aromatic rings. The summed E-state index contributed by atoms with van der Waals surface area (Å²) in [6.45, 7) is 2.32. The van der Waals surface area contributed by atoms with Gasteiger partial charge >= 0.3 is 18.0 Å². The van der Waals surface area contributed by atoms with Crippen LogP contribution >= 0.6 is 0 Å². The summed E-state index contributed by atoms with van der Waals surface area (Å²) in [4.78, 5) is 47.2. The van der Waals surface area contributed by atoms with Gasteiger partial charge in [-0.25, -0.2) is 9.59 Å². The van der Waals surface area contributed by atoms with Crippen LogP contribution in [0.1, 0.15) is 44.6 Å². The molecule has 0 saturated heterocycles. The third kappa shape index (κ3) is 11.0. The Morgan fingerprint density at radius 1 is 0.968 bits per heavy atom. The van der Waals surface area contributed by atoms with Crippen LogP contribution in [-0.4, -0.2) is 50.7 Å². The molecule has 2 atom stereocenters. The van der Waals surface area contributed by atoms with Gasteiger partial charge in [0.1, 0.15) is 12.6 Å². The van der Waals surface area contributed by atoms with E-state index in [2.05, 4.69) is 15.4 Å². The van der Waals surface area contributed by atoms with E-state index in [1.165, 1.54) is 14.2 Å². The first-order valence-electron chi connectivity index (χ1n) is 10.3. The van der Waals surface area contributed by atoms with Crippen molar-refractivity contribution in [3.8, 4) is 0 Å². The van der Waals surface area contributed by atoms with Crippen LogP contribution in [-0.2, 0) is 35.2 Å². The maximum absolute atomic E-state index is 12.2. The van der Waals surface area contributed by atoms with Crippen molar-refractivity contribution in [2.24, 2.45) is 5.92 Å². The van der Waals surface area contributed by atoms with Gasteiger partial charge in [0, 0.05) is 13.0 Å². The number of hydrogen-bond acceptors (Lipinski definition) is 7. The summed E-state index contributed by atoms with van der Waals surface area (Å²) >= 11 is 0. The zero-order valence-electron chi connectivity index (χ0n) is 18.3. The maximum atomic E-state index is 12.2. The van der Waals surface area contributed by atoms with Crippen molar-refractivity contribution >= 4 is 23.9 Å². The standard InChI is InChI=1S/C22H32N2O7/c1-16(14-19(26)29-2)20(21(27)30-3)24-18(25)12-8-5-9-13-23-22(28)31-15-17-10-6-4-7-11-17/h4,6-7,10-11,16,20H,5,8-9,12-15H2,1-3H3,(H,23,28)(H,24,25)/t16-,20-/m0/s1. The lowest BCUT2D eigenvalue weighted by Gasteiger charge is -2.22. The molecule has 0 radical (unpaired) electrons. The highest BCUT2D eigenvalue weighted by molar-refractivity contribution is 5.85. The summed E-state index contributed by atoms with van der Waals surface area (Å²) in [7, 11) is 2.49. The highest BCUT2D eigenvalue weighted by atomic mass is 16.5. The lowest BCUT2D eigenvalue weighted by molar-refractivity contribution is -0.148. The summed E-state index contributed by atoms with van der Waals surface area (Å²) in [5.74, 6) is -1.84. The molecule has 0 bridgehead atoms. The zero-order valence-corrected chi connectivity index (χ0v) is 18.3. The third-order valence-electron chi connectivity index (χ3n) is 4.62. The van der Waals surface area contributed by atoms with Crippen LogP contribution in [0.4, 0.5) is 4.79 Å². The molecular formula is C22H32N2O7. The Labute approximate surface area is 182 Å². The fraction of sp³-hybridized carbons (Fsp3) is 0.545. The number of alkyl carbamates (subject to hydrolysis) is 1. The Balaban J connectivity index is 2.22. The van der Waals surface area contributed by atoms with E-state index >= 15 is 0 Å². The number of amides is 2. The molecule has 2 amide bonds. The van der Waals surface area contributed by atoms with Gasteiger partial charge in [-0.05, 0) is 24.3 Å². The highest BCUT2D eigenvalue weighted by Gasteiger charge is 2.29. The second kappa shape index (κ2) is 14.8. The first-order valence-corrected chi connectivity index (χ1v) is 10.3. The van der Waals surface area contributed by atoms with Crippen molar-refractivity contribution < 1.29 is 33.4 Å². The Morgan fingerprint density at radius 3 is 2.32 bits per heavy atom. The molecule has 0 aliphatic heterocycles. The molecule has 31 heavy (non-hydrogen) atoms. The number of unbranched alkanes of at least 4 members (excludes halogenated alkanes) is 2. The van der Waals surface area contributed by atoms with E-state index in [4.69, 9.17) is 9.47 Å². The zero-order chi connectivity index (χ0) is 23.1. The number of rotatable bonds is 13. The fourth-order valence-corrected chi connectivity index (χ4v) is 2.82. The van der Waals surface area contributed by atoms with Crippen molar-refractivity contribution in [2.75, 3.05) is 20.8 Å². The number of hydrogen-bond donors (Lipinski definition) is 2. The van der Waals surface area contributed by atoms with Crippen LogP contribution in [0.5, 0.6) is 0 Å². The van der Waals surface area contributed by atoms with Crippen LogP contribution in [0.2, 0.25) is 0 Å². The van der Waals surface area contributed by atoms with Crippen LogP contribution in [0.3, 0.4) is 0 Å². The van der Waals surface area contributed by atoms with Gasteiger partial charge in [0.25, 0.3) is 0 Å². The number of esters is 2. The van der Waals surface area contributed by atoms with E-state index in [-0.39, 0.29) is 25.4 Å². The monoisotopic (exact) mass is 436 g/mol. The SMILES string of the molecule is COC(=O)C[C@H](C)[C@H](NC(=O)CCCCCNC(=O)OCc1ccccc1)C(=O)OC. The quantitative estimate of drug-likeness (QED) is 0.277. The molecule has 172 valence electrons. The Hall–Kier alpha value is -3.10. The number of carbonyl (C=O) groups excluding carboxylic acids is 4. The van der Waals surface area contributed by atoms with Crippen molar-refractivity contribution in [1.82, 2.24) is 10.6 Å². The Morgan fingerprint density at radius 2 is 1.68 bits per heavy atom. The van der Waals surface area contributed by atoms with E-state index in [9.17, 15) is 19.2 Å². The first kappa shape index (κ1) is 25.9. The average Bonchev–Trinajstić information content (AvgIpc) is 2.78.